The average Bonchev–Trinajstić information content (AvgIpc) is 2.90. The monoisotopic (exact) mass is 331 g/mol. The maximum absolute atomic E-state index is 11.3. The minimum atomic E-state index is -1.54. The van der Waals surface area contributed by atoms with Gasteiger partial charge in [0.05, 0.1) is 35.7 Å². The second-order valence-electron chi connectivity index (χ2n) is 5.96. The molecular formula is C18H13N5O2. The molecule has 1 saturated heterocycles. The predicted octanol–water partition coefficient (Wildman–Crippen LogP) is 1.45. The van der Waals surface area contributed by atoms with Crippen LogP contribution < -0.4 is 5.73 Å². The summed E-state index contributed by atoms with van der Waals surface area (Å²) in [5.41, 5.74) is 5.19. The maximum Gasteiger partial charge on any atom is 0.335 e. The zero-order valence-electron chi connectivity index (χ0n) is 13.0. The van der Waals surface area contributed by atoms with E-state index in [-0.39, 0.29) is 5.56 Å². The Morgan fingerprint density at radius 1 is 1.28 bits per heavy atom. The molecule has 3 N–H and O–H groups in total. The second kappa shape index (κ2) is 5.70. The molecule has 7 nitrogen and oxygen atoms in total. The van der Waals surface area contributed by atoms with Crippen molar-refractivity contribution in [3.8, 4) is 18.2 Å². The van der Waals surface area contributed by atoms with E-state index in [9.17, 15) is 25.7 Å². The molecule has 2 aliphatic rings. The van der Waals surface area contributed by atoms with Crippen LogP contribution in [0.15, 0.2) is 48.3 Å². The van der Waals surface area contributed by atoms with Crippen LogP contribution in [0.25, 0.3) is 0 Å². The summed E-state index contributed by atoms with van der Waals surface area (Å²) in [7, 11) is 0. The Hall–Kier alpha value is -3.76. The Kier molecular flexibility index (Phi) is 3.68. The van der Waals surface area contributed by atoms with Gasteiger partial charge >= 0.3 is 5.97 Å². The first-order valence-electron chi connectivity index (χ1n) is 7.47. The summed E-state index contributed by atoms with van der Waals surface area (Å²) in [6.07, 6.45) is 4.81. The SMILES string of the molecule is N#CC1C(c2cccc(C(=O)O)c2)C(C#N)(C#N)C2C=CC(N)=CN12. The van der Waals surface area contributed by atoms with Gasteiger partial charge < -0.3 is 15.7 Å². The van der Waals surface area contributed by atoms with Gasteiger partial charge in [0.15, 0.2) is 5.41 Å². The van der Waals surface area contributed by atoms with Crippen molar-refractivity contribution in [1.82, 2.24) is 4.90 Å². The summed E-state index contributed by atoms with van der Waals surface area (Å²) in [6.45, 7) is 0. The number of aromatic carboxylic acids is 1. The number of carboxylic acid groups (broad SMARTS) is 1. The molecule has 3 unspecified atom stereocenters. The standard InChI is InChI=1S/C18H13N5O2/c19-7-14-16(11-2-1-3-12(6-11)17(24)25)18(9-20,10-21)15-5-4-13(22)8-23(14)15/h1-6,8,14-16H,22H2,(H,24,25). The lowest BCUT2D eigenvalue weighted by atomic mass is 9.70. The predicted molar refractivity (Wildman–Crippen MR) is 86.2 cm³/mol. The number of fused-ring (bicyclic) bond motifs is 1. The van der Waals surface area contributed by atoms with Crippen molar-refractivity contribution in [2.24, 2.45) is 11.1 Å². The van der Waals surface area contributed by atoms with Crippen LogP contribution in [-0.4, -0.2) is 28.1 Å². The average molecular weight is 331 g/mol. The first-order chi connectivity index (χ1) is 12.0. The zero-order chi connectivity index (χ0) is 18.2. The minimum Gasteiger partial charge on any atom is -0.478 e. The first kappa shape index (κ1) is 16.1. The number of hydrogen-bond donors (Lipinski definition) is 2. The van der Waals surface area contributed by atoms with E-state index in [1.54, 1.807) is 35.4 Å². The highest BCUT2D eigenvalue weighted by Crippen LogP contribution is 2.52. The molecule has 25 heavy (non-hydrogen) atoms. The van der Waals surface area contributed by atoms with Crippen LogP contribution in [0.5, 0.6) is 0 Å². The van der Waals surface area contributed by atoms with Crippen LogP contribution in [0, 0.1) is 39.4 Å². The lowest BCUT2D eigenvalue weighted by Gasteiger charge is -2.29. The van der Waals surface area contributed by atoms with Gasteiger partial charge in [-0.15, -0.1) is 0 Å². The molecule has 3 rings (SSSR count). The molecule has 0 aliphatic carbocycles. The van der Waals surface area contributed by atoms with Crippen molar-refractivity contribution >= 4 is 5.97 Å². The van der Waals surface area contributed by atoms with E-state index in [1.165, 1.54) is 12.1 Å². The smallest absolute Gasteiger partial charge is 0.335 e. The maximum atomic E-state index is 11.3. The van der Waals surface area contributed by atoms with E-state index >= 15 is 0 Å². The van der Waals surface area contributed by atoms with E-state index in [2.05, 4.69) is 18.2 Å². The molecule has 0 radical (unpaired) electrons. The third-order valence-electron chi connectivity index (χ3n) is 4.68. The second-order valence-corrected chi connectivity index (χ2v) is 5.96. The zero-order valence-corrected chi connectivity index (χ0v) is 13.0. The van der Waals surface area contributed by atoms with Gasteiger partial charge in [0.1, 0.15) is 6.04 Å². The molecule has 3 atom stereocenters. The molecule has 0 bridgehead atoms. The van der Waals surface area contributed by atoms with E-state index in [0.29, 0.717) is 11.3 Å². The number of allylic oxidation sites excluding steroid dienone is 1. The lowest BCUT2D eigenvalue weighted by molar-refractivity contribution is 0.0696. The molecular weight excluding hydrogens is 318 g/mol. The Morgan fingerprint density at radius 2 is 2.00 bits per heavy atom. The fourth-order valence-corrected chi connectivity index (χ4v) is 3.59. The number of hydrogen-bond acceptors (Lipinski definition) is 6. The van der Waals surface area contributed by atoms with Crippen molar-refractivity contribution in [3.05, 3.63) is 59.4 Å². The Balaban J connectivity index is 2.23. The molecule has 0 amide bonds. The van der Waals surface area contributed by atoms with Crippen molar-refractivity contribution in [2.75, 3.05) is 0 Å². The Morgan fingerprint density at radius 3 is 2.60 bits per heavy atom. The molecule has 1 aromatic carbocycles. The largest absolute Gasteiger partial charge is 0.478 e. The van der Waals surface area contributed by atoms with Gasteiger partial charge in [0.25, 0.3) is 0 Å². The highest BCUT2D eigenvalue weighted by Gasteiger charge is 2.60. The van der Waals surface area contributed by atoms with Gasteiger partial charge in [0, 0.05) is 11.9 Å². The summed E-state index contributed by atoms with van der Waals surface area (Å²) < 4.78 is 0. The Bertz CT molecular complexity index is 914. The number of benzene rings is 1. The fraction of sp³-hybridized carbons (Fsp3) is 0.222. The molecule has 1 aromatic rings. The molecule has 0 saturated carbocycles. The van der Waals surface area contributed by atoms with E-state index < -0.39 is 29.4 Å². The van der Waals surface area contributed by atoms with Crippen LogP contribution in [0.3, 0.4) is 0 Å². The molecule has 2 aliphatic heterocycles. The first-order valence-corrected chi connectivity index (χ1v) is 7.47. The van der Waals surface area contributed by atoms with Crippen LogP contribution in [0.4, 0.5) is 0 Å². The highest BCUT2D eigenvalue weighted by molar-refractivity contribution is 5.87. The number of nitriles is 3. The molecule has 0 spiro atoms. The number of nitrogens with zero attached hydrogens (tertiary/aromatic N) is 4. The minimum absolute atomic E-state index is 0.0365. The third-order valence-corrected chi connectivity index (χ3v) is 4.68. The van der Waals surface area contributed by atoms with Crippen LogP contribution >= 0.6 is 0 Å². The van der Waals surface area contributed by atoms with Gasteiger partial charge in [-0.25, -0.2) is 4.79 Å². The van der Waals surface area contributed by atoms with E-state index in [1.807, 2.05) is 0 Å². The Labute approximate surface area is 144 Å². The molecule has 0 aromatic heterocycles. The van der Waals surface area contributed by atoms with E-state index in [4.69, 9.17) is 5.73 Å². The normalized spacial score (nSPS) is 25.9. The van der Waals surface area contributed by atoms with Gasteiger partial charge in [-0.2, -0.15) is 15.8 Å². The van der Waals surface area contributed by atoms with Gasteiger partial charge in [0.2, 0.25) is 0 Å². The van der Waals surface area contributed by atoms with Gasteiger partial charge in [-0.3, -0.25) is 0 Å². The molecule has 7 heteroatoms. The number of carboxylic acids is 1. The fourth-order valence-electron chi connectivity index (χ4n) is 3.59. The lowest BCUT2D eigenvalue weighted by Crippen LogP contribution is -2.38. The number of nitrogens with two attached hydrogens (primary N) is 1. The van der Waals surface area contributed by atoms with Crippen molar-refractivity contribution < 1.29 is 9.90 Å². The number of rotatable bonds is 2. The van der Waals surface area contributed by atoms with Crippen LogP contribution in [0.2, 0.25) is 0 Å². The highest BCUT2D eigenvalue weighted by atomic mass is 16.4. The molecule has 122 valence electrons. The van der Waals surface area contributed by atoms with Crippen molar-refractivity contribution in [1.29, 1.82) is 15.8 Å². The van der Waals surface area contributed by atoms with Crippen molar-refractivity contribution in [3.63, 3.8) is 0 Å². The number of carbonyl (C=O) groups is 1. The van der Waals surface area contributed by atoms with Gasteiger partial charge in [-0.1, -0.05) is 18.2 Å². The van der Waals surface area contributed by atoms with E-state index in [0.717, 1.165) is 0 Å². The summed E-state index contributed by atoms with van der Waals surface area (Å²) in [6, 6.07) is 10.9. The third kappa shape index (κ3) is 2.21. The van der Waals surface area contributed by atoms with Crippen LogP contribution in [0.1, 0.15) is 21.8 Å². The summed E-state index contributed by atoms with van der Waals surface area (Å²) in [4.78, 5) is 12.9. The summed E-state index contributed by atoms with van der Waals surface area (Å²) in [5.74, 6) is -1.92. The molecule has 2 heterocycles. The summed E-state index contributed by atoms with van der Waals surface area (Å²) in [5, 5.41) is 38.6. The molecule has 1 fully saturated rings. The topological polar surface area (TPSA) is 138 Å². The van der Waals surface area contributed by atoms with Gasteiger partial charge in [-0.05, 0) is 23.8 Å². The van der Waals surface area contributed by atoms with Crippen molar-refractivity contribution in [2.45, 2.75) is 18.0 Å². The summed E-state index contributed by atoms with van der Waals surface area (Å²) >= 11 is 0. The quantitative estimate of drug-likeness (QED) is 0.836. The van der Waals surface area contributed by atoms with Crippen LogP contribution in [-0.2, 0) is 0 Å².